The van der Waals surface area contributed by atoms with Crippen molar-refractivity contribution in [1.82, 2.24) is 20.3 Å². The van der Waals surface area contributed by atoms with Crippen LogP contribution < -0.4 is 0 Å². The lowest BCUT2D eigenvalue weighted by atomic mass is 10.2. The second kappa shape index (κ2) is 3.45. The van der Waals surface area contributed by atoms with E-state index in [9.17, 15) is 4.39 Å². The standard InChI is InChI=1S/C9H11FN4O/c1-9(2,10)8-13-7(14-15-8)3-6-4-11-12-5-6/h4-5H,3H2,1-2H3,(H,11,12). The lowest BCUT2D eigenvalue weighted by Gasteiger charge is -2.05. The molecule has 0 aromatic carbocycles. The first-order valence-corrected chi connectivity index (χ1v) is 4.55. The van der Waals surface area contributed by atoms with Gasteiger partial charge < -0.3 is 4.52 Å². The van der Waals surface area contributed by atoms with Crippen molar-refractivity contribution in [1.29, 1.82) is 0 Å². The maximum atomic E-state index is 13.4. The van der Waals surface area contributed by atoms with E-state index >= 15 is 0 Å². The van der Waals surface area contributed by atoms with E-state index in [1.165, 1.54) is 13.8 Å². The van der Waals surface area contributed by atoms with Crippen molar-refractivity contribution in [3.05, 3.63) is 29.7 Å². The molecule has 0 aliphatic rings. The number of nitrogens with one attached hydrogen (secondary N) is 1. The van der Waals surface area contributed by atoms with Gasteiger partial charge in [-0.3, -0.25) is 5.10 Å². The molecule has 0 radical (unpaired) electrons. The number of halogens is 1. The summed E-state index contributed by atoms with van der Waals surface area (Å²) in [4.78, 5) is 3.96. The minimum atomic E-state index is -1.60. The third-order valence-corrected chi connectivity index (χ3v) is 1.89. The third kappa shape index (κ3) is 2.20. The van der Waals surface area contributed by atoms with Crippen LogP contribution in [0.2, 0.25) is 0 Å². The van der Waals surface area contributed by atoms with Gasteiger partial charge in [-0.1, -0.05) is 5.16 Å². The summed E-state index contributed by atoms with van der Waals surface area (Å²) in [5.74, 6) is 0.457. The van der Waals surface area contributed by atoms with E-state index in [0.717, 1.165) is 5.56 Å². The van der Waals surface area contributed by atoms with Crippen molar-refractivity contribution in [2.24, 2.45) is 0 Å². The van der Waals surface area contributed by atoms with Gasteiger partial charge in [0.1, 0.15) is 0 Å². The molecule has 0 fully saturated rings. The van der Waals surface area contributed by atoms with Gasteiger partial charge in [-0.25, -0.2) is 4.39 Å². The molecule has 1 N–H and O–H groups in total. The van der Waals surface area contributed by atoms with Crippen molar-refractivity contribution < 1.29 is 8.91 Å². The van der Waals surface area contributed by atoms with Gasteiger partial charge in [-0.05, 0) is 19.4 Å². The molecule has 0 unspecified atom stereocenters. The van der Waals surface area contributed by atoms with Crippen LogP contribution in [0.1, 0.15) is 31.1 Å². The number of H-pyrrole nitrogens is 1. The minimum Gasteiger partial charge on any atom is -0.336 e. The molecule has 0 bridgehead atoms. The van der Waals surface area contributed by atoms with Crippen LogP contribution in [0.5, 0.6) is 0 Å². The maximum Gasteiger partial charge on any atom is 0.263 e. The molecular weight excluding hydrogens is 199 g/mol. The van der Waals surface area contributed by atoms with E-state index in [4.69, 9.17) is 4.52 Å². The van der Waals surface area contributed by atoms with Crippen molar-refractivity contribution in [2.75, 3.05) is 0 Å². The highest BCUT2D eigenvalue weighted by Gasteiger charge is 2.26. The van der Waals surface area contributed by atoms with Crippen LogP contribution in [0.4, 0.5) is 4.39 Å². The zero-order valence-electron chi connectivity index (χ0n) is 8.49. The second-order valence-electron chi connectivity index (χ2n) is 3.77. The third-order valence-electron chi connectivity index (χ3n) is 1.89. The molecule has 6 heteroatoms. The van der Waals surface area contributed by atoms with E-state index in [1.807, 2.05) is 0 Å². The van der Waals surface area contributed by atoms with Crippen molar-refractivity contribution in [3.63, 3.8) is 0 Å². The number of hydrogen-bond donors (Lipinski definition) is 1. The van der Waals surface area contributed by atoms with Gasteiger partial charge in [-0.15, -0.1) is 0 Å². The van der Waals surface area contributed by atoms with Gasteiger partial charge in [-0.2, -0.15) is 10.1 Å². The fraction of sp³-hybridized carbons (Fsp3) is 0.444. The molecule has 0 aliphatic heterocycles. The Morgan fingerprint density at radius 2 is 2.33 bits per heavy atom. The summed E-state index contributed by atoms with van der Waals surface area (Å²) >= 11 is 0. The van der Waals surface area contributed by atoms with E-state index < -0.39 is 5.67 Å². The molecule has 0 spiro atoms. The second-order valence-corrected chi connectivity index (χ2v) is 3.77. The first-order valence-electron chi connectivity index (χ1n) is 4.55. The predicted molar refractivity (Wildman–Crippen MR) is 49.8 cm³/mol. The van der Waals surface area contributed by atoms with Crippen LogP contribution in [0.3, 0.4) is 0 Å². The molecule has 0 amide bonds. The fourth-order valence-electron chi connectivity index (χ4n) is 1.12. The lowest BCUT2D eigenvalue weighted by Crippen LogP contribution is -2.09. The van der Waals surface area contributed by atoms with Gasteiger partial charge in [0.2, 0.25) is 0 Å². The number of aromatic amines is 1. The lowest BCUT2D eigenvalue weighted by molar-refractivity contribution is 0.155. The molecule has 15 heavy (non-hydrogen) atoms. The summed E-state index contributed by atoms with van der Waals surface area (Å²) in [5, 5.41) is 10.2. The van der Waals surface area contributed by atoms with Crippen LogP contribution in [-0.4, -0.2) is 20.3 Å². The first kappa shape index (κ1) is 9.82. The number of rotatable bonds is 3. The zero-order chi connectivity index (χ0) is 10.9. The quantitative estimate of drug-likeness (QED) is 0.835. The van der Waals surface area contributed by atoms with Crippen LogP contribution in [0.25, 0.3) is 0 Å². The Bertz CT molecular complexity index is 429. The monoisotopic (exact) mass is 210 g/mol. The average molecular weight is 210 g/mol. The molecule has 2 aromatic heterocycles. The van der Waals surface area contributed by atoms with Gasteiger partial charge in [0.15, 0.2) is 11.5 Å². The molecular formula is C9H11FN4O. The Labute approximate surface area is 85.7 Å². The number of hydrogen-bond acceptors (Lipinski definition) is 4. The molecule has 0 atom stereocenters. The number of aromatic nitrogens is 4. The fourth-order valence-corrected chi connectivity index (χ4v) is 1.12. The van der Waals surface area contributed by atoms with Gasteiger partial charge >= 0.3 is 0 Å². The molecule has 2 rings (SSSR count). The maximum absolute atomic E-state index is 13.4. The Morgan fingerprint density at radius 3 is 2.87 bits per heavy atom. The highest BCUT2D eigenvalue weighted by atomic mass is 19.1. The SMILES string of the molecule is CC(C)(F)c1nc(Cc2cn[nH]c2)no1. The summed E-state index contributed by atoms with van der Waals surface area (Å²) in [6.45, 7) is 2.75. The topological polar surface area (TPSA) is 67.6 Å². The Balaban J connectivity index is 2.15. The van der Waals surface area contributed by atoms with Crippen molar-refractivity contribution >= 4 is 0 Å². The molecule has 2 aromatic rings. The summed E-state index contributed by atoms with van der Waals surface area (Å²) in [6.07, 6.45) is 3.88. The Hall–Kier alpha value is -1.72. The van der Waals surface area contributed by atoms with Gasteiger partial charge in [0, 0.05) is 12.6 Å². The van der Waals surface area contributed by atoms with Crippen LogP contribution in [0.15, 0.2) is 16.9 Å². The number of nitrogens with zero attached hydrogens (tertiary/aromatic N) is 3. The molecule has 80 valence electrons. The van der Waals surface area contributed by atoms with E-state index in [1.54, 1.807) is 12.4 Å². The molecule has 5 nitrogen and oxygen atoms in total. The smallest absolute Gasteiger partial charge is 0.263 e. The average Bonchev–Trinajstić information content (AvgIpc) is 2.73. The number of alkyl halides is 1. The largest absolute Gasteiger partial charge is 0.336 e. The van der Waals surface area contributed by atoms with Crippen molar-refractivity contribution in [2.45, 2.75) is 25.9 Å². The minimum absolute atomic E-state index is 0.000921. The highest BCUT2D eigenvalue weighted by molar-refractivity contribution is 5.10. The van der Waals surface area contributed by atoms with E-state index in [0.29, 0.717) is 12.2 Å². The Kier molecular flexibility index (Phi) is 2.26. The normalized spacial score (nSPS) is 11.9. The molecule has 0 saturated heterocycles. The molecule has 0 aliphatic carbocycles. The van der Waals surface area contributed by atoms with Gasteiger partial charge in [0.25, 0.3) is 5.89 Å². The Morgan fingerprint density at radius 1 is 1.53 bits per heavy atom. The summed E-state index contributed by atoms with van der Waals surface area (Å²) < 4.78 is 18.2. The predicted octanol–water partition coefficient (Wildman–Crippen LogP) is 1.59. The van der Waals surface area contributed by atoms with Crippen LogP contribution in [0, 0.1) is 0 Å². The summed E-state index contributed by atoms with van der Waals surface area (Å²) in [5.41, 5.74) is -0.666. The highest BCUT2D eigenvalue weighted by Crippen LogP contribution is 2.22. The summed E-state index contributed by atoms with van der Waals surface area (Å²) in [7, 11) is 0. The molecule has 2 heterocycles. The van der Waals surface area contributed by atoms with Crippen molar-refractivity contribution in [3.8, 4) is 0 Å². The zero-order valence-corrected chi connectivity index (χ0v) is 8.49. The van der Waals surface area contributed by atoms with Crippen LogP contribution >= 0.6 is 0 Å². The first-order chi connectivity index (χ1) is 7.05. The van der Waals surface area contributed by atoms with E-state index in [-0.39, 0.29) is 5.89 Å². The van der Waals surface area contributed by atoms with Crippen LogP contribution in [-0.2, 0) is 12.1 Å². The van der Waals surface area contributed by atoms with Gasteiger partial charge in [0.05, 0.1) is 6.20 Å². The van der Waals surface area contributed by atoms with E-state index in [2.05, 4.69) is 20.3 Å². The summed E-state index contributed by atoms with van der Waals surface area (Å²) in [6, 6.07) is 0. The molecule has 0 saturated carbocycles.